The van der Waals surface area contributed by atoms with Gasteiger partial charge in [0.1, 0.15) is 0 Å². The van der Waals surface area contributed by atoms with Crippen LogP contribution in [0, 0.1) is 0 Å². The topological polar surface area (TPSA) is 40.5 Å². The Morgan fingerprint density at radius 3 is 2.47 bits per heavy atom. The van der Waals surface area contributed by atoms with Crippen LogP contribution in [0.5, 0.6) is 0 Å². The minimum absolute atomic E-state index is 0. The third-order valence-corrected chi connectivity index (χ3v) is 3.19. The van der Waals surface area contributed by atoms with Gasteiger partial charge in [0.05, 0.1) is 6.61 Å². The molecule has 4 heteroatoms. The highest BCUT2D eigenvalue weighted by molar-refractivity contribution is 7.22. The van der Waals surface area contributed by atoms with Gasteiger partial charge in [0.25, 0.3) is 0 Å². The Balaban J connectivity index is 0.00000128. The fourth-order valence-electron chi connectivity index (χ4n) is 1.47. The average molecular weight is 250 g/mol. The van der Waals surface area contributed by atoms with E-state index in [0.717, 1.165) is 15.8 Å². The van der Waals surface area contributed by atoms with Crippen molar-refractivity contribution in [2.45, 2.75) is 21.5 Å². The summed E-state index contributed by atoms with van der Waals surface area (Å²) in [7, 11) is 0. The average Bonchev–Trinajstić information content (AvgIpc) is 2.81. The number of aliphatic hydroxyl groups excluding tert-OH is 1. The van der Waals surface area contributed by atoms with Crippen LogP contribution >= 0.6 is 11.3 Å². The Morgan fingerprint density at radius 2 is 1.88 bits per heavy atom. The smallest absolute Gasteiger partial charge is 0.369 e. The second-order valence-electron chi connectivity index (χ2n) is 3.32. The highest BCUT2D eigenvalue weighted by atomic mass is 32.1. The normalized spacial score (nSPS) is 9.06. The Morgan fingerprint density at radius 1 is 1.12 bits per heavy atom. The van der Waals surface area contributed by atoms with E-state index in [4.69, 9.17) is 5.11 Å². The molecule has 2 rings (SSSR count). The van der Waals surface area contributed by atoms with Crippen molar-refractivity contribution in [2.75, 3.05) is 0 Å². The fraction of sp³-hybridized carbons (Fsp3) is 0.231. The molecule has 0 amide bonds. The predicted molar refractivity (Wildman–Crippen MR) is 77.4 cm³/mol. The van der Waals surface area contributed by atoms with Crippen molar-refractivity contribution in [2.24, 2.45) is 0 Å². The van der Waals surface area contributed by atoms with Gasteiger partial charge in [-0.2, -0.15) is 11.3 Å². The lowest BCUT2D eigenvalue weighted by Gasteiger charge is -2.05. The number of hydrogen-bond donors (Lipinski definition) is 2. The molecule has 0 bridgehead atoms. The maximum Gasteiger partial charge on any atom is 0.369 e. The molecule has 1 aromatic heterocycles. The van der Waals surface area contributed by atoms with Crippen LogP contribution in [-0.2, 0) is 6.61 Å². The molecule has 0 aliphatic heterocycles. The number of hydrogen-bond acceptors (Lipinski definition) is 3. The molecule has 0 saturated carbocycles. The summed E-state index contributed by atoms with van der Waals surface area (Å²) in [6.07, 6.45) is 0. The molecule has 17 heavy (non-hydrogen) atoms. The molecule has 0 spiro atoms. The summed E-state index contributed by atoms with van der Waals surface area (Å²) in [6, 6.07) is 11.2. The highest BCUT2D eigenvalue weighted by Gasteiger charge is 2.17. The van der Waals surface area contributed by atoms with E-state index < -0.39 is 6.92 Å². The SMILES string of the molecule is C.C.OCc1cccc(B(O)c2cccs2)c1. The second kappa shape index (κ2) is 7.27. The van der Waals surface area contributed by atoms with E-state index >= 15 is 0 Å². The van der Waals surface area contributed by atoms with Crippen molar-refractivity contribution in [1.29, 1.82) is 0 Å². The van der Waals surface area contributed by atoms with Crippen LogP contribution in [-0.4, -0.2) is 17.0 Å². The van der Waals surface area contributed by atoms with Crippen molar-refractivity contribution in [1.82, 2.24) is 0 Å². The van der Waals surface area contributed by atoms with Gasteiger partial charge in [0, 0.05) is 4.78 Å². The first kappa shape index (κ1) is 15.9. The van der Waals surface area contributed by atoms with Gasteiger partial charge in [0.2, 0.25) is 0 Å². The van der Waals surface area contributed by atoms with Crippen molar-refractivity contribution >= 4 is 28.5 Å². The van der Waals surface area contributed by atoms with Crippen LogP contribution < -0.4 is 10.2 Å². The first-order chi connectivity index (χ1) is 7.31. The van der Waals surface area contributed by atoms with Gasteiger partial charge in [-0.25, -0.2) is 0 Å². The van der Waals surface area contributed by atoms with E-state index in [-0.39, 0.29) is 21.5 Å². The van der Waals surface area contributed by atoms with E-state index in [2.05, 4.69) is 0 Å². The van der Waals surface area contributed by atoms with Crippen LogP contribution in [0.4, 0.5) is 0 Å². The quantitative estimate of drug-likeness (QED) is 0.812. The van der Waals surface area contributed by atoms with Crippen LogP contribution in [0.3, 0.4) is 0 Å². The van der Waals surface area contributed by atoms with E-state index in [1.54, 1.807) is 0 Å². The van der Waals surface area contributed by atoms with E-state index in [1.165, 1.54) is 11.3 Å². The van der Waals surface area contributed by atoms with E-state index in [0.29, 0.717) is 0 Å². The Bertz CT molecular complexity index is 429. The first-order valence-electron chi connectivity index (χ1n) is 4.72. The summed E-state index contributed by atoms with van der Waals surface area (Å²) in [5.41, 5.74) is 1.65. The first-order valence-corrected chi connectivity index (χ1v) is 5.60. The van der Waals surface area contributed by atoms with Crippen molar-refractivity contribution < 1.29 is 10.1 Å². The number of aliphatic hydroxyl groups is 1. The van der Waals surface area contributed by atoms with Gasteiger partial charge in [0.15, 0.2) is 0 Å². The molecule has 2 N–H and O–H groups in total. The van der Waals surface area contributed by atoms with Gasteiger partial charge in [-0.05, 0) is 16.4 Å². The molecule has 0 saturated heterocycles. The minimum atomic E-state index is -0.587. The number of benzene rings is 1. The highest BCUT2D eigenvalue weighted by Crippen LogP contribution is 2.00. The van der Waals surface area contributed by atoms with Crippen LogP contribution in [0.2, 0.25) is 0 Å². The lowest BCUT2D eigenvalue weighted by Crippen LogP contribution is -2.40. The third kappa shape index (κ3) is 3.70. The van der Waals surface area contributed by atoms with Gasteiger partial charge >= 0.3 is 6.92 Å². The summed E-state index contributed by atoms with van der Waals surface area (Å²) >= 11 is 1.53. The molecule has 1 aromatic carbocycles. The third-order valence-electron chi connectivity index (χ3n) is 2.26. The molecule has 0 fully saturated rings. The zero-order valence-corrected chi connectivity index (χ0v) is 8.95. The zero-order valence-electron chi connectivity index (χ0n) is 8.13. The Hall–Kier alpha value is -1.10. The van der Waals surface area contributed by atoms with Crippen LogP contribution in [0.25, 0.3) is 0 Å². The number of thiophene rings is 1. The van der Waals surface area contributed by atoms with E-state index in [1.807, 2.05) is 41.8 Å². The molecular formula is C13H19BO2S. The lowest BCUT2D eigenvalue weighted by atomic mass is 9.60. The summed E-state index contributed by atoms with van der Waals surface area (Å²) in [4.78, 5) is 0. The Labute approximate surface area is 108 Å². The van der Waals surface area contributed by atoms with Gasteiger partial charge in [-0.15, -0.1) is 0 Å². The molecule has 0 radical (unpaired) electrons. The summed E-state index contributed by atoms with van der Waals surface area (Å²) in [6.45, 7) is -0.582. The zero-order chi connectivity index (χ0) is 10.7. The van der Waals surface area contributed by atoms with Crippen molar-refractivity contribution in [3.8, 4) is 0 Å². The fourth-order valence-corrected chi connectivity index (χ4v) is 2.21. The predicted octanol–water partition coefficient (Wildman–Crippen LogP) is 1.61. The summed E-state index contributed by atoms with van der Waals surface area (Å²) in [5.74, 6) is 0. The lowest BCUT2D eigenvalue weighted by molar-refractivity contribution is 0.282. The van der Waals surface area contributed by atoms with Crippen LogP contribution in [0.1, 0.15) is 20.4 Å². The second-order valence-corrected chi connectivity index (χ2v) is 4.30. The molecule has 0 atom stereocenters. The molecule has 92 valence electrons. The molecule has 0 aliphatic rings. The van der Waals surface area contributed by atoms with Crippen molar-refractivity contribution in [3.05, 3.63) is 47.3 Å². The monoisotopic (exact) mass is 250 g/mol. The molecule has 1 heterocycles. The molecule has 0 aliphatic carbocycles. The standard InChI is InChI=1S/C11H11BO2S.2CH4/c13-8-9-3-1-4-10(7-9)12(14)11-5-2-6-15-11;;/h1-7,13-14H,8H2;2*1H4. The maximum absolute atomic E-state index is 10.0. The molecule has 2 nitrogen and oxygen atoms in total. The van der Waals surface area contributed by atoms with E-state index in [9.17, 15) is 5.02 Å². The molecular weight excluding hydrogens is 231 g/mol. The largest absolute Gasteiger partial charge is 0.442 e. The van der Waals surface area contributed by atoms with Gasteiger partial charge in [-0.1, -0.05) is 51.3 Å². The molecule has 0 unspecified atom stereocenters. The van der Waals surface area contributed by atoms with Crippen LogP contribution in [0.15, 0.2) is 41.8 Å². The van der Waals surface area contributed by atoms with Crippen molar-refractivity contribution in [3.63, 3.8) is 0 Å². The summed E-state index contributed by atoms with van der Waals surface area (Å²) in [5, 5.41) is 21.0. The van der Waals surface area contributed by atoms with Gasteiger partial charge < -0.3 is 10.1 Å². The minimum Gasteiger partial charge on any atom is -0.442 e. The molecule has 2 aromatic rings. The maximum atomic E-state index is 10.0. The number of rotatable bonds is 3. The Kier molecular flexibility index (Phi) is 6.81. The van der Waals surface area contributed by atoms with Gasteiger partial charge in [-0.3, -0.25) is 0 Å². The summed E-state index contributed by atoms with van der Waals surface area (Å²) < 4.78 is 0.921.